The molecule has 0 unspecified atom stereocenters. The van der Waals surface area contributed by atoms with E-state index in [1.54, 1.807) is 24.6 Å². The molecule has 0 N–H and O–H groups in total. The third-order valence-corrected chi connectivity index (χ3v) is 6.47. The van der Waals surface area contributed by atoms with Crippen molar-refractivity contribution in [2.45, 2.75) is 17.9 Å². The lowest BCUT2D eigenvalue weighted by atomic mass is 9.86. The molecule has 3 aromatic rings. The van der Waals surface area contributed by atoms with Crippen molar-refractivity contribution in [1.82, 2.24) is 4.98 Å². The number of rotatable bonds is 3. The standard InChI is InChI=1S/C18H14N2O2S2/c1-22-13-3-2-11-9-18(16(21)20(18)17-19-5-7-24-17)15(14(11)8-13)12-4-6-23-10-12/h2-8,10,15H,9H2,1H3/t15-,18-,20?/m0/s1. The van der Waals surface area contributed by atoms with E-state index >= 15 is 0 Å². The van der Waals surface area contributed by atoms with Gasteiger partial charge < -0.3 is 4.74 Å². The molecular formula is C18H14N2O2S2. The van der Waals surface area contributed by atoms with Crippen LogP contribution < -0.4 is 9.64 Å². The van der Waals surface area contributed by atoms with E-state index in [4.69, 9.17) is 4.74 Å². The number of aromatic nitrogens is 1. The van der Waals surface area contributed by atoms with Crippen LogP contribution >= 0.6 is 22.7 Å². The summed E-state index contributed by atoms with van der Waals surface area (Å²) < 4.78 is 5.41. The lowest BCUT2D eigenvalue weighted by Gasteiger charge is -2.18. The van der Waals surface area contributed by atoms with Gasteiger partial charge in [0.2, 0.25) is 0 Å². The van der Waals surface area contributed by atoms with Crippen LogP contribution in [0.1, 0.15) is 22.6 Å². The van der Waals surface area contributed by atoms with Gasteiger partial charge in [0.15, 0.2) is 5.13 Å². The largest absolute Gasteiger partial charge is 0.497 e. The number of hydrogen-bond donors (Lipinski definition) is 0. The average molecular weight is 354 g/mol. The van der Waals surface area contributed by atoms with Crippen molar-refractivity contribution >= 4 is 33.7 Å². The topological polar surface area (TPSA) is 42.2 Å². The number of carbonyl (C=O) groups excluding carboxylic acids is 1. The van der Waals surface area contributed by atoms with Crippen molar-refractivity contribution in [2.75, 3.05) is 12.0 Å². The van der Waals surface area contributed by atoms with Crippen LogP contribution in [0.4, 0.5) is 5.13 Å². The minimum atomic E-state index is -0.520. The van der Waals surface area contributed by atoms with Crippen LogP contribution in [0.3, 0.4) is 0 Å². The quantitative estimate of drug-likeness (QED) is 0.674. The molecule has 1 aliphatic heterocycles. The van der Waals surface area contributed by atoms with Gasteiger partial charge >= 0.3 is 0 Å². The molecular weight excluding hydrogens is 340 g/mol. The third kappa shape index (κ3) is 1.72. The van der Waals surface area contributed by atoms with Gasteiger partial charge in [-0.05, 0) is 45.6 Å². The summed E-state index contributed by atoms with van der Waals surface area (Å²) in [7, 11) is 1.68. The first-order valence-electron chi connectivity index (χ1n) is 7.69. The van der Waals surface area contributed by atoms with E-state index in [9.17, 15) is 4.79 Å². The van der Waals surface area contributed by atoms with Crippen molar-refractivity contribution in [3.63, 3.8) is 0 Å². The van der Waals surface area contributed by atoms with Crippen molar-refractivity contribution in [1.29, 1.82) is 0 Å². The van der Waals surface area contributed by atoms with Crippen LogP contribution in [0.25, 0.3) is 0 Å². The normalized spacial score (nSPS) is 24.5. The zero-order valence-corrected chi connectivity index (χ0v) is 14.6. The first-order valence-corrected chi connectivity index (χ1v) is 9.51. The molecule has 0 bridgehead atoms. The summed E-state index contributed by atoms with van der Waals surface area (Å²) >= 11 is 3.18. The van der Waals surface area contributed by atoms with E-state index in [1.807, 2.05) is 16.3 Å². The highest BCUT2D eigenvalue weighted by Gasteiger charge is 2.71. The van der Waals surface area contributed by atoms with E-state index in [0.717, 1.165) is 17.3 Å². The number of amides is 1. The number of ether oxygens (including phenoxy) is 1. The fourth-order valence-electron chi connectivity index (χ4n) is 3.94. The Morgan fingerprint density at radius 3 is 2.96 bits per heavy atom. The van der Waals surface area contributed by atoms with Crippen LogP contribution in [0.2, 0.25) is 0 Å². The Balaban J connectivity index is 1.68. The maximum atomic E-state index is 12.9. The van der Waals surface area contributed by atoms with Gasteiger partial charge in [0.05, 0.1) is 7.11 Å². The van der Waals surface area contributed by atoms with E-state index in [1.165, 1.54) is 28.0 Å². The van der Waals surface area contributed by atoms with Crippen LogP contribution in [-0.2, 0) is 11.2 Å². The maximum absolute atomic E-state index is 12.9. The van der Waals surface area contributed by atoms with Crippen LogP contribution in [0, 0.1) is 0 Å². The zero-order valence-electron chi connectivity index (χ0n) is 12.9. The fourth-order valence-corrected chi connectivity index (χ4v) is 5.34. The molecule has 1 aliphatic carbocycles. The number of benzene rings is 1. The highest BCUT2D eigenvalue weighted by atomic mass is 32.1. The molecule has 2 atom stereocenters. The van der Waals surface area contributed by atoms with Crippen molar-refractivity contribution in [3.05, 3.63) is 63.3 Å². The molecule has 2 aliphatic rings. The van der Waals surface area contributed by atoms with Gasteiger partial charge in [0.25, 0.3) is 5.91 Å². The SMILES string of the molecule is COc1ccc2c(c1)[C@H](c1ccsc1)[C@@]1(C2)C(=O)N1c1nccs1. The summed E-state index contributed by atoms with van der Waals surface area (Å²) in [6, 6.07) is 8.27. The number of nitrogens with zero attached hydrogens (tertiary/aromatic N) is 2. The molecule has 1 amide bonds. The maximum Gasteiger partial charge on any atom is 0.257 e. The summed E-state index contributed by atoms with van der Waals surface area (Å²) in [4.78, 5) is 19.2. The Labute approximate surface area is 147 Å². The Kier molecular flexibility index (Phi) is 2.90. The Bertz CT molecular complexity index is 921. The molecule has 0 radical (unpaired) electrons. The number of anilines is 1. The number of thiophene rings is 1. The van der Waals surface area contributed by atoms with E-state index in [0.29, 0.717) is 0 Å². The Hall–Kier alpha value is -2.18. The molecule has 0 saturated carbocycles. The highest BCUT2D eigenvalue weighted by molar-refractivity contribution is 7.14. The van der Waals surface area contributed by atoms with Crippen molar-refractivity contribution in [3.8, 4) is 5.75 Å². The first-order chi connectivity index (χ1) is 11.8. The number of methoxy groups -OCH3 is 1. The van der Waals surface area contributed by atoms with Crippen LogP contribution in [0.15, 0.2) is 46.6 Å². The molecule has 5 rings (SSSR count). The Morgan fingerprint density at radius 2 is 2.25 bits per heavy atom. The zero-order chi connectivity index (χ0) is 16.3. The molecule has 1 spiro atoms. The molecule has 3 heterocycles. The average Bonchev–Trinajstić information content (AvgIpc) is 3.15. The fraction of sp³-hybridized carbons (Fsp3) is 0.222. The summed E-state index contributed by atoms with van der Waals surface area (Å²) in [5, 5.41) is 6.92. The molecule has 24 heavy (non-hydrogen) atoms. The summed E-state index contributed by atoms with van der Waals surface area (Å²) in [5.41, 5.74) is 3.09. The van der Waals surface area contributed by atoms with Crippen molar-refractivity contribution < 1.29 is 9.53 Å². The molecule has 4 nitrogen and oxygen atoms in total. The number of thiazole rings is 1. The smallest absolute Gasteiger partial charge is 0.257 e. The van der Waals surface area contributed by atoms with E-state index < -0.39 is 5.54 Å². The van der Waals surface area contributed by atoms with Gasteiger partial charge in [-0.15, -0.1) is 11.3 Å². The van der Waals surface area contributed by atoms with Crippen molar-refractivity contribution in [2.24, 2.45) is 0 Å². The lowest BCUT2D eigenvalue weighted by molar-refractivity contribution is -0.111. The minimum absolute atomic E-state index is 0.0326. The van der Waals surface area contributed by atoms with Crippen LogP contribution in [0.5, 0.6) is 5.75 Å². The third-order valence-electron chi connectivity index (χ3n) is 5.01. The van der Waals surface area contributed by atoms with Crippen LogP contribution in [-0.4, -0.2) is 23.5 Å². The summed E-state index contributed by atoms with van der Waals surface area (Å²) in [6.45, 7) is 0. The van der Waals surface area contributed by atoms with Gasteiger partial charge in [-0.1, -0.05) is 6.07 Å². The second-order valence-electron chi connectivity index (χ2n) is 6.11. The summed E-state index contributed by atoms with van der Waals surface area (Å²) in [6.07, 6.45) is 2.48. The molecule has 6 heteroatoms. The molecule has 2 aromatic heterocycles. The molecule has 1 saturated heterocycles. The predicted octanol–water partition coefficient (Wildman–Crippen LogP) is 3.69. The molecule has 1 fully saturated rings. The van der Waals surface area contributed by atoms with Gasteiger partial charge in [-0.2, -0.15) is 11.3 Å². The van der Waals surface area contributed by atoms with E-state index in [2.05, 4.69) is 33.9 Å². The van der Waals surface area contributed by atoms with Gasteiger partial charge in [-0.25, -0.2) is 4.98 Å². The van der Waals surface area contributed by atoms with Gasteiger partial charge in [0, 0.05) is 23.9 Å². The second kappa shape index (κ2) is 4.91. The van der Waals surface area contributed by atoms with E-state index in [-0.39, 0.29) is 11.8 Å². The number of carbonyl (C=O) groups is 1. The monoisotopic (exact) mass is 354 g/mol. The number of fused-ring (bicyclic) bond motifs is 1. The minimum Gasteiger partial charge on any atom is -0.497 e. The number of hydrogen-bond acceptors (Lipinski definition) is 5. The second-order valence-corrected chi connectivity index (χ2v) is 7.76. The molecule has 120 valence electrons. The predicted molar refractivity (Wildman–Crippen MR) is 95.2 cm³/mol. The lowest BCUT2D eigenvalue weighted by Crippen LogP contribution is -2.25. The highest BCUT2D eigenvalue weighted by Crippen LogP contribution is 2.59. The Morgan fingerprint density at radius 1 is 1.33 bits per heavy atom. The summed E-state index contributed by atoms with van der Waals surface area (Å²) in [5.74, 6) is 1.04. The van der Waals surface area contributed by atoms with Gasteiger partial charge in [-0.3, -0.25) is 9.69 Å². The van der Waals surface area contributed by atoms with Gasteiger partial charge in [0.1, 0.15) is 11.3 Å². The molecule has 1 aromatic carbocycles. The first kappa shape index (κ1) is 14.2.